The summed E-state index contributed by atoms with van der Waals surface area (Å²) in [5, 5.41) is 9.66. The summed E-state index contributed by atoms with van der Waals surface area (Å²) in [6.07, 6.45) is 2.51. The molecule has 0 fully saturated rings. The number of hydrogen-bond acceptors (Lipinski definition) is 5. The highest BCUT2D eigenvalue weighted by molar-refractivity contribution is 5.76. The molecule has 0 aromatic carbocycles. The maximum atomic E-state index is 11.3. The van der Waals surface area contributed by atoms with Crippen molar-refractivity contribution in [3.63, 3.8) is 0 Å². The minimum Gasteiger partial charge on any atom is -0.354 e. The molecule has 0 aliphatic heterocycles. The second-order valence-corrected chi connectivity index (χ2v) is 3.82. The topological polar surface area (TPSA) is 80.0 Å². The molecule has 90 valence electrons. The van der Waals surface area contributed by atoms with E-state index in [9.17, 15) is 4.79 Å². The molecule has 1 aromatic rings. The molecule has 0 atom stereocenters. The minimum atomic E-state index is 0.0714. The van der Waals surface area contributed by atoms with Gasteiger partial charge in [0.15, 0.2) is 5.82 Å². The Balaban J connectivity index is 1.98. The van der Waals surface area contributed by atoms with Crippen LogP contribution in [0.2, 0.25) is 0 Å². The third-order valence-corrected chi connectivity index (χ3v) is 1.91. The lowest BCUT2D eigenvalue weighted by atomic mass is 10.3. The first-order chi connectivity index (χ1) is 7.68. The molecule has 0 unspecified atom stereocenters. The van der Waals surface area contributed by atoms with Crippen molar-refractivity contribution >= 4 is 5.91 Å². The Bertz CT molecular complexity index is 298. The maximum Gasteiger partial charge on any atom is 0.221 e. The Morgan fingerprint density at radius 3 is 2.94 bits per heavy atom. The van der Waals surface area contributed by atoms with Crippen LogP contribution in [-0.4, -0.2) is 35.2 Å². The maximum absolute atomic E-state index is 11.3. The molecular weight excluding hydrogens is 208 g/mol. The normalized spacial score (nSPS) is 10.7. The molecule has 1 heterocycles. The molecule has 0 saturated carbocycles. The third kappa shape index (κ3) is 5.45. The summed E-state index contributed by atoms with van der Waals surface area (Å²) in [6.45, 7) is 5.30. The van der Waals surface area contributed by atoms with Gasteiger partial charge in [-0.2, -0.15) is 4.98 Å². The van der Waals surface area contributed by atoms with Crippen LogP contribution in [0, 0.1) is 0 Å². The predicted molar refractivity (Wildman–Crippen MR) is 58.8 cm³/mol. The standard InChI is InChI=1S/C10H18N4O2/c1-8(2)13-10(15)4-6-11-5-3-9-12-7-16-14-9/h7-8,11H,3-6H2,1-2H3,(H,13,15). The molecule has 2 N–H and O–H groups in total. The molecular formula is C10H18N4O2. The zero-order chi connectivity index (χ0) is 11.8. The largest absolute Gasteiger partial charge is 0.354 e. The summed E-state index contributed by atoms with van der Waals surface area (Å²) in [5.41, 5.74) is 0. The van der Waals surface area contributed by atoms with Crippen LogP contribution in [0.3, 0.4) is 0 Å². The SMILES string of the molecule is CC(C)NC(=O)CCNCCc1ncon1. The molecule has 0 saturated heterocycles. The highest BCUT2D eigenvalue weighted by Crippen LogP contribution is 1.88. The predicted octanol–water partition coefficient (Wildman–Crippen LogP) is 0.116. The van der Waals surface area contributed by atoms with Crippen LogP contribution >= 0.6 is 0 Å². The van der Waals surface area contributed by atoms with Crippen LogP contribution < -0.4 is 10.6 Å². The highest BCUT2D eigenvalue weighted by atomic mass is 16.5. The molecule has 0 aliphatic rings. The molecule has 6 nitrogen and oxygen atoms in total. The zero-order valence-corrected chi connectivity index (χ0v) is 9.69. The van der Waals surface area contributed by atoms with E-state index in [1.807, 2.05) is 13.8 Å². The second-order valence-electron chi connectivity index (χ2n) is 3.82. The van der Waals surface area contributed by atoms with Gasteiger partial charge in [0.1, 0.15) is 0 Å². The van der Waals surface area contributed by atoms with Crippen molar-refractivity contribution in [2.45, 2.75) is 32.7 Å². The fourth-order valence-corrected chi connectivity index (χ4v) is 1.22. The monoisotopic (exact) mass is 226 g/mol. The van der Waals surface area contributed by atoms with Gasteiger partial charge >= 0.3 is 0 Å². The first kappa shape index (κ1) is 12.6. The lowest BCUT2D eigenvalue weighted by Gasteiger charge is -2.08. The van der Waals surface area contributed by atoms with Gasteiger partial charge < -0.3 is 15.2 Å². The van der Waals surface area contributed by atoms with E-state index in [0.717, 1.165) is 6.54 Å². The number of carbonyl (C=O) groups excluding carboxylic acids is 1. The van der Waals surface area contributed by atoms with Crippen molar-refractivity contribution < 1.29 is 9.32 Å². The highest BCUT2D eigenvalue weighted by Gasteiger charge is 2.02. The van der Waals surface area contributed by atoms with E-state index >= 15 is 0 Å². The van der Waals surface area contributed by atoms with E-state index in [0.29, 0.717) is 25.2 Å². The van der Waals surface area contributed by atoms with Crippen molar-refractivity contribution in [1.82, 2.24) is 20.8 Å². The van der Waals surface area contributed by atoms with Crippen molar-refractivity contribution in [3.8, 4) is 0 Å². The summed E-state index contributed by atoms with van der Waals surface area (Å²) in [6, 6.07) is 0.201. The summed E-state index contributed by atoms with van der Waals surface area (Å²) >= 11 is 0. The van der Waals surface area contributed by atoms with Gasteiger partial charge in [0, 0.05) is 32.0 Å². The Morgan fingerprint density at radius 2 is 2.31 bits per heavy atom. The number of aromatic nitrogens is 2. The molecule has 0 spiro atoms. The van der Waals surface area contributed by atoms with Crippen LogP contribution in [0.15, 0.2) is 10.9 Å². The van der Waals surface area contributed by atoms with Gasteiger partial charge in [-0.3, -0.25) is 4.79 Å². The van der Waals surface area contributed by atoms with Gasteiger partial charge in [0.25, 0.3) is 0 Å². The Kier molecular flexibility index (Phi) is 5.49. The van der Waals surface area contributed by atoms with Crippen LogP contribution in [0.5, 0.6) is 0 Å². The Morgan fingerprint density at radius 1 is 1.50 bits per heavy atom. The fraction of sp³-hybridized carbons (Fsp3) is 0.700. The van der Waals surface area contributed by atoms with Gasteiger partial charge in [-0.1, -0.05) is 5.16 Å². The smallest absolute Gasteiger partial charge is 0.221 e. The molecule has 1 amide bonds. The molecule has 6 heteroatoms. The molecule has 0 radical (unpaired) electrons. The van der Waals surface area contributed by atoms with E-state index in [1.54, 1.807) is 0 Å². The van der Waals surface area contributed by atoms with Crippen molar-refractivity contribution in [1.29, 1.82) is 0 Å². The Labute approximate surface area is 94.8 Å². The lowest BCUT2D eigenvalue weighted by molar-refractivity contribution is -0.121. The van der Waals surface area contributed by atoms with Crippen LogP contribution in [-0.2, 0) is 11.2 Å². The van der Waals surface area contributed by atoms with Gasteiger partial charge in [0.05, 0.1) is 0 Å². The van der Waals surface area contributed by atoms with Crippen molar-refractivity contribution in [2.75, 3.05) is 13.1 Å². The minimum absolute atomic E-state index is 0.0714. The van der Waals surface area contributed by atoms with Crippen LogP contribution in [0.1, 0.15) is 26.1 Å². The van der Waals surface area contributed by atoms with Crippen LogP contribution in [0.25, 0.3) is 0 Å². The average molecular weight is 226 g/mol. The molecule has 1 aromatic heterocycles. The lowest BCUT2D eigenvalue weighted by Crippen LogP contribution is -2.32. The molecule has 0 bridgehead atoms. The Hall–Kier alpha value is -1.43. The molecule has 1 rings (SSSR count). The fourth-order valence-electron chi connectivity index (χ4n) is 1.22. The average Bonchev–Trinajstić information content (AvgIpc) is 2.68. The number of hydrogen-bond donors (Lipinski definition) is 2. The first-order valence-corrected chi connectivity index (χ1v) is 5.44. The van der Waals surface area contributed by atoms with Crippen molar-refractivity contribution in [3.05, 3.63) is 12.2 Å². The molecule has 0 aliphatic carbocycles. The first-order valence-electron chi connectivity index (χ1n) is 5.44. The summed E-state index contributed by atoms with van der Waals surface area (Å²) in [5.74, 6) is 0.751. The van der Waals surface area contributed by atoms with Gasteiger partial charge in [-0.15, -0.1) is 0 Å². The van der Waals surface area contributed by atoms with Crippen LogP contribution in [0.4, 0.5) is 0 Å². The van der Waals surface area contributed by atoms with E-state index in [-0.39, 0.29) is 11.9 Å². The summed E-state index contributed by atoms with van der Waals surface area (Å²) in [7, 11) is 0. The summed E-state index contributed by atoms with van der Waals surface area (Å²) < 4.78 is 4.60. The van der Waals surface area contributed by atoms with Gasteiger partial charge in [-0.25, -0.2) is 0 Å². The van der Waals surface area contributed by atoms with Gasteiger partial charge in [0.2, 0.25) is 12.3 Å². The second kappa shape index (κ2) is 6.95. The number of carbonyl (C=O) groups is 1. The van der Waals surface area contributed by atoms with E-state index in [2.05, 4.69) is 25.3 Å². The number of rotatable bonds is 7. The van der Waals surface area contributed by atoms with E-state index < -0.39 is 0 Å². The third-order valence-electron chi connectivity index (χ3n) is 1.91. The van der Waals surface area contributed by atoms with E-state index in [1.165, 1.54) is 6.39 Å². The number of nitrogens with one attached hydrogen (secondary N) is 2. The quantitative estimate of drug-likeness (QED) is 0.645. The van der Waals surface area contributed by atoms with E-state index in [4.69, 9.17) is 0 Å². The van der Waals surface area contributed by atoms with Crippen molar-refractivity contribution in [2.24, 2.45) is 0 Å². The summed E-state index contributed by atoms with van der Waals surface area (Å²) in [4.78, 5) is 15.1. The van der Waals surface area contributed by atoms with Gasteiger partial charge in [-0.05, 0) is 13.8 Å². The molecule has 16 heavy (non-hydrogen) atoms. The number of amides is 1. The number of nitrogens with zero attached hydrogens (tertiary/aromatic N) is 2. The zero-order valence-electron chi connectivity index (χ0n) is 9.69.